The molecule has 0 saturated heterocycles. The number of carbonyl (C=O) groups is 3. The second-order valence-electron chi connectivity index (χ2n) is 10.4. The highest BCUT2D eigenvalue weighted by molar-refractivity contribution is 5.85. The quantitative estimate of drug-likeness (QED) is 0.460. The van der Waals surface area contributed by atoms with Gasteiger partial charge in [-0.2, -0.15) is 0 Å². The first kappa shape index (κ1) is 24.4. The molecule has 1 aromatic carbocycles. The predicted octanol–water partition coefficient (Wildman–Crippen LogP) is 2.55. The van der Waals surface area contributed by atoms with Gasteiger partial charge in [0, 0.05) is 19.5 Å². The van der Waals surface area contributed by atoms with Gasteiger partial charge in [0.1, 0.15) is 0 Å². The number of nitrogens with one attached hydrogen (secondary N) is 3. The van der Waals surface area contributed by atoms with E-state index in [1.165, 1.54) is 45.6 Å². The summed E-state index contributed by atoms with van der Waals surface area (Å²) in [5, 5.41) is 8.34. The molecule has 0 unspecified atom stereocenters. The van der Waals surface area contributed by atoms with Gasteiger partial charge in [0.05, 0.1) is 13.7 Å². The van der Waals surface area contributed by atoms with E-state index in [1.807, 2.05) is 13.0 Å². The molecular weight excluding hydrogens is 434 g/mol. The van der Waals surface area contributed by atoms with Crippen LogP contribution in [-0.4, -0.2) is 44.5 Å². The molecule has 186 valence electrons. The molecule has 5 rings (SSSR count). The van der Waals surface area contributed by atoms with E-state index in [9.17, 15) is 14.4 Å². The molecule has 4 saturated carbocycles. The molecule has 0 spiro atoms. The number of rotatable bonds is 11. The van der Waals surface area contributed by atoms with Crippen LogP contribution in [0.2, 0.25) is 0 Å². The molecule has 3 amide bonds. The maximum atomic E-state index is 12.6. The summed E-state index contributed by atoms with van der Waals surface area (Å²) in [5.74, 6) is 2.94. The van der Waals surface area contributed by atoms with Gasteiger partial charge in [0.2, 0.25) is 11.8 Å². The molecule has 0 heterocycles. The zero-order valence-corrected chi connectivity index (χ0v) is 20.3. The summed E-state index contributed by atoms with van der Waals surface area (Å²) in [6.45, 7) is 2.58. The molecule has 4 bridgehead atoms. The number of carbonyl (C=O) groups excluding carboxylic acids is 3. The molecule has 4 aliphatic carbocycles. The highest BCUT2D eigenvalue weighted by Crippen LogP contribution is 2.61. The van der Waals surface area contributed by atoms with Gasteiger partial charge in [-0.3, -0.25) is 14.4 Å². The maximum Gasteiger partial charge on any atom is 0.257 e. The standard InChI is InChI=1S/C26H37N3O5/c1-3-27-25(32)16-34-21-5-4-17(9-22(21)33-2)14-28-24(31)15-29-23(30)13-26-10-18-6-19(11-26)8-20(7-18)12-26/h4-5,9,18-20H,3,6-8,10-16H2,1-2H3,(H,27,32)(H,28,31)(H,29,30). The lowest BCUT2D eigenvalue weighted by Crippen LogP contribution is -2.48. The highest BCUT2D eigenvalue weighted by Gasteiger charge is 2.51. The lowest BCUT2D eigenvalue weighted by atomic mass is 9.49. The number of hydrogen-bond donors (Lipinski definition) is 3. The molecule has 0 aliphatic heterocycles. The van der Waals surface area contributed by atoms with Crippen LogP contribution in [0, 0.1) is 23.2 Å². The smallest absolute Gasteiger partial charge is 0.257 e. The van der Waals surface area contributed by atoms with Crippen molar-refractivity contribution in [3.8, 4) is 11.5 Å². The van der Waals surface area contributed by atoms with Crippen LogP contribution < -0.4 is 25.4 Å². The Morgan fingerprint density at radius 2 is 1.59 bits per heavy atom. The molecule has 1 aromatic rings. The van der Waals surface area contributed by atoms with Crippen LogP contribution in [0.15, 0.2) is 18.2 Å². The summed E-state index contributed by atoms with van der Waals surface area (Å²) < 4.78 is 10.9. The summed E-state index contributed by atoms with van der Waals surface area (Å²) >= 11 is 0. The molecular formula is C26H37N3O5. The van der Waals surface area contributed by atoms with E-state index in [2.05, 4.69) is 16.0 Å². The van der Waals surface area contributed by atoms with Crippen molar-refractivity contribution < 1.29 is 23.9 Å². The fourth-order valence-corrected chi connectivity index (χ4v) is 6.68. The molecule has 4 fully saturated rings. The van der Waals surface area contributed by atoms with Crippen molar-refractivity contribution in [3.05, 3.63) is 23.8 Å². The van der Waals surface area contributed by atoms with Crippen molar-refractivity contribution in [2.45, 2.75) is 58.4 Å². The largest absolute Gasteiger partial charge is 0.493 e. The predicted molar refractivity (Wildman–Crippen MR) is 127 cm³/mol. The number of methoxy groups -OCH3 is 1. The van der Waals surface area contributed by atoms with Crippen LogP contribution in [0.4, 0.5) is 0 Å². The van der Waals surface area contributed by atoms with Gasteiger partial charge >= 0.3 is 0 Å². The van der Waals surface area contributed by atoms with Gasteiger partial charge < -0.3 is 25.4 Å². The van der Waals surface area contributed by atoms with E-state index >= 15 is 0 Å². The normalized spacial score (nSPS) is 26.6. The minimum Gasteiger partial charge on any atom is -0.493 e. The Kier molecular flexibility index (Phi) is 7.63. The Hall–Kier alpha value is -2.77. The summed E-state index contributed by atoms with van der Waals surface area (Å²) in [5.41, 5.74) is 1.00. The van der Waals surface area contributed by atoms with Crippen molar-refractivity contribution in [1.29, 1.82) is 0 Å². The zero-order valence-electron chi connectivity index (χ0n) is 20.3. The number of amides is 3. The lowest BCUT2D eigenvalue weighted by Gasteiger charge is -2.56. The van der Waals surface area contributed by atoms with E-state index in [1.54, 1.807) is 12.1 Å². The summed E-state index contributed by atoms with van der Waals surface area (Å²) in [4.78, 5) is 36.5. The Balaban J connectivity index is 1.20. The minimum absolute atomic E-state index is 0.00705. The summed E-state index contributed by atoms with van der Waals surface area (Å²) in [6.07, 6.45) is 8.18. The fraction of sp³-hybridized carbons (Fsp3) is 0.654. The van der Waals surface area contributed by atoms with Gasteiger partial charge in [0.15, 0.2) is 18.1 Å². The van der Waals surface area contributed by atoms with Gasteiger partial charge in [-0.25, -0.2) is 0 Å². The molecule has 3 N–H and O–H groups in total. The molecule has 8 nitrogen and oxygen atoms in total. The van der Waals surface area contributed by atoms with Gasteiger partial charge in [-0.05, 0) is 86.3 Å². The molecule has 8 heteroatoms. The third-order valence-corrected chi connectivity index (χ3v) is 7.60. The van der Waals surface area contributed by atoms with Gasteiger partial charge in [0.25, 0.3) is 5.91 Å². The van der Waals surface area contributed by atoms with Crippen molar-refractivity contribution in [2.24, 2.45) is 23.2 Å². The average molecular weight is 472 g/mol. The Morgan fingerprint density at radius 1 is 0.912 bits per heavy atom. The van der Waals surface area contributed by atoms with Crippen molar-refractivity contribution in [1.82, 2.24) is 16.0 Å². The van der Waals surface area contributed by atoms with Crippen LogP contribution in [0.5, 0.6) is 11.5 Å². The van der Waals surface area contributed by atoms with Crippen LogP contribution in [0.1, 0.15) is 57.4 Å². The molecule has 0 atom stereocenters. The number of likely N-dealkylation sites (N-methyl/N-ethyl adjacent to an activating group) is 1. The van der Waals surface area contributed by atoms with E-state index < -0.39 is 0 Å². The highest BCUT2D eigenvalue weighted by atomic mass is 16.5. The molecule has 0 radical (unpaired) electrons. The van der Waals surface area contributed by atoms with Crippen molar-refractivity contribution in [3.63, 3.8) is 0 Å². The molecule has 4 aliphatic rings. The van der Waals surface area contributed by atoms with Crippen LogP contribution in [-0.2, 0) is 20.9 Å². The Morgan fingerprint density at radius 3 is 2.21 bits per heavy atom. The first-order valence-corrected chi connectivity index (χ1v) is 12.5. The third kappa shape index (κ3) is 6.02. The minimum atomic E-state index is -0.227. The fourth-order valence-electron chi connectivity index (χ4n) is 6.68. The zero-order chi connectivity index (χ0) is 24.1. The van der Waals surface area contributed by atoms with Crippen molar-refractivity contribution in [2.75, 3.05) is 26.8 Å². The second-order valence-corrected chi connectivity index (χ2v) is 10.4. The maximum absolute atomic E-state index is 12.6. The van der Waals surface area contributed by atoms with E-state index in [0.717, 1.165) is 23.3 Å². The SMILES string of the molecule is CCNC(=O)COc1ccc(CNC(=O)CNC(=O)CC23CC4CC(CC(C4)C2)C3)cc1OC. The van der Waals surface area contributed by atoms with Crippen molar-refractivity contribution >= 4 is 17.7 Å². The average Bonchev–Trinajstić information content (AvgIpc) is 2.79. The van der Waals surface area contributed by atoms with Crippen LogP contribution in [0.25, 0.3) is 0 Å². The topological polar surface area (TPSA) is 106 Å². The first-order valence-electron chi connectivity index (χ1n) is 12.5. The molecule has 0 aromatic heterocycles. The summed E-state index contributed by atoms with van der Waals surface area (Å²) in [6, 6.07) is 5.28. The number of benzene rings is 1. The van der Waals surface area contributed by atoms with E-state index in [-0.39, 0.29) is 36.3 Å². The van der Waals surface area contributed by atoms with E-state index in [4.69, 9.17) is 9.47 Å². The van der Waals surface area contributed by atoms with Gasteiger partial charge in [-0.15, -0.1) is 0 Å². The second kappa shape index (κ2) is 10.7. The lowest BCUT2D eigenvalue weighted by molar-refractivity contribution is -0.132. The monoisotopic (exact) mass is 471 g/mol. The first-order chi connectivity index (χ1) is 16.4. The summed E-state index contributed by atoms with van der Waals surface area (Å²) in [7, 11) is 1.52. The van der Waals surface area contributed by atoms with Gasteiger partial charge in [-0.1, -0.05) is 6.07 Å². The van der Waals surface area contributed by atoms with Crippen LogP contribution in [0.3, 0.4) is 0 Å². The Bertz CT molecular complexity index is 880. The Labute approximate surface area is 201 Å². The number of hydrogen-bond acceptors (Lipinski definition) is 5. The van der Waals surface area contributed by atoms with E-state index in [0.29, 0.717) is 31.0 Å². The third-order valence-electron chi connectivity index (χ3n) is 7.60. The number of ether oxygens (including phenoxy) is 2. The molecule has 34 heavy (non-hydrogen) atoms. The van der Waals surface area contributed by atoms with Crippen LogP contribution >= 0.6 is 0 Å².